The molecule has 0 aromatic heterocycles. The summed E-state index contributed by atoms with van der Waals surface area (Å²) in [6.07, 6.45) is 7.80. The zero-order valence-corrected chi connectivity index (χ0v) is 18.2. The Bertz CT molecular complexity index is 940. The van der Waals surface area contributed by atoms with Gasteiger partial charge in [0.1, 0.15) is 0 Å². The fraction of sp³-hybridized carbons (Fsp3) is 0.409. The largest absolute Gasteiger partial charge is 0.349 e. The molecule has 1 aliphatic rings. The zero-order chi connectivity index (χ0) is 20.9. The minimum absolute atomic E-state index is 0.133. The van der Waals surface area contributed by atoms with E-state index < -0.39 is 10.0 Å². The summed E-state index contributed by atoms with van der Waals surface area (Å²) >= 11 is 6.27. The molecular weight excluding hydrogens is 408 g/mol. The van der Waals surface area contributed by atoms with Crippen molar-refractivity contribution in [3.05, 3.63) is 59.1 Å². The minimum atomic E-state index is -3.72. The molecule has 5 nitrogen and oxygen atoms in total. The van der Waals surface area contributed by atoms with Crippen LogP contribution in [0.15, 0.2) is 53.4 Å². The summed E-state index contributed by atoms with van der Waals surface area (Å²) in [6, 6.07) is 13.1. The fourth-order valence-corrected chi connectivity index (χ4v) is 5.05. The van der Waals surface area contributed by atoms with Gasteiger partial charge in [-0.05, 0) is 43.2 Å². The van der Waals surface area contributed by atoms with Crippen molar-refractivity contribution < 1.29 is 13.2 Å². The summed E-state index contributed by atoms with van der Waals surface area (Å²) in [6.45, 7) is 0. The van der Waals surface area contributed by atoms with E-state index in [4.69, 9.17) is 11.6 Å². The zero-order valence-electron chi connectivity index (χ0n) is 16.6. The molecule has 0 unspecified atom stereocenters. The number of carbonyl (C=O) groups excluding carboxylic acids is 1. The standard InChI is InChI=1S/C22H27ClN2O3S/c1-25(29(27,28)19-12-8-5-9-13-19)18-14-15-21(23)20(16-18)22(26)24-17-10-6-3-2-4-7-11-17/h5,8-9,12-17H,2-4,6-7,10-11H2,1H3,(H,24,26). The molecule has 1 aliphatic carbocycles. The molecule has 0 radical (unpaired) electrons. The SMILES string of the molecule is CN(c1ccc(Cl)c(C(=O)NC2CCCCCCC2)c1)S(=O)(=O)c1ccccc1. The van der Waals surface area contributed by atoms with Crippen molar-refractivity contribution in [3.8, 4) is 0 Å². The summed E-state index contributed by atoms with van der Waals surface area (Å²) < 4.78 is 26.9. The van der Waals surface area contributed by atoms with Crippen LogP contribution in [0.4, 0.5) is 5.69 Å². The maximum Gasteiger partial charge on any atom is 0.264 e. The molecule has 29 heavy (non-hydrogen) atoms. The predicted octanol–water partition coefficient (Wildman–Crippen LogP) is 5.01. The highest BCUT2D eigenvalue weighted by Crippen LogP contribution is 2.27. The third-order valence-corrected chi connectivity index (χ3v) is 7.53. The number of hydrogen-bond acceptors (Lipinski definition) is 3. The van der Waals surface area contributed by atoms with Gasteiger partial charge < -0.3 is 5.32 Å². The molecule has 156 valence electrons. The molecule has 1 fully saturated rings. The molecule has 0 aliphatic heterocycles. The average molecular weight is 435 g/mol. The number of carbonyl (C=O) groups is 1. The maximum atomic E-state index is 12.9. The average Bonchev–Trinajstić information content (AvgIpc) is 2.70. The Morgan fingerprint density at radius 1 is 1.00 bits per heavy atom. The van der Waals surface area contributed by atoms with E-state index in [1.807, 2.05) is 0 Å². The number of nitrogens with one attached hydrogen (secondary N) is 1. The molecule has 3 rings (SSSR count). The molecule has 1 amide bonds. The Balaban J connectivity index is 1.81. The van der Waals surface area contributed by atoms with E-state index in [1.54, 1.807) is 48.5 Å². The predicted molar refractivity (Wildman–Crippen MR) is 117 cm³/mol. The lowest BCUT2D eigenvalue weighted by atomic mass is 9.96. The summed E-state index contributed by atoms with van der Waals surface area (Å²) in [7, 11) is -2.25. The van der Waals surface area contributed by atoms with Crippen molar-refractivity contribution in [2.24, 2.45) is 0 Å². The maximum absolute atomic E-state index is 12.9. The number of amides is 1. The quantitative estimate of drug-likeness (QED) is 0.719. The lowest BCUT2D eigenvalue weighted by Crippen LogP contribution is -2.35. The number of halogens is 1. The molecule has 2 aromatic carbocycles. The first kappa shape index (κ1) is 21.7. The number of rotatable bonds is 5. The molecule has 1 saturated carbocycles. The van der Waals surface area contributed by atoms with Gasteiger partial charge in [0.25, 0.3) is 15.9 Å². The van der Waals surface area contributed by atoms with E-state index in [1.165, 1.54) is 30.6 Å². The second kappa shape index (κ2) is 9.63. The van der Waals surface area contributed by atoms with Gasteiger partial charge in [-0.25, -0.2) is 8.42 Å². The summed E-state index contributed by atoms with van der Waals surface area (Å²) in [5.74, 6) is -0.257. The van der Waals surface area contributed by atoms with Gasteiger partial charge in [0, 0.05) is 13.1 Å². The van der Waals surface area contributed by atoms with Gasteiger partial charge in [0.2, 0.25) is 0 Å². The summed E-state index contributed by atoms with van der Waals surface area (Å²) in [5, 5.41) is 3.40. The number of hydrogen-bond donors (Lipinski definition) is 1. The van der Waals surface area contributed by atoms with E-state index in [0.717, 1.165) is 25.7 Å². The van der Waals surface area contributed by atoms with Crippen molar-refractivity contribution in [3.63, 3.8) is 0 Å². The molecule has 0 atom stereocenters. The highest BCUT2D eigenvalue weighted by Gasteiger charge is 2.23. The van der Waals surface area contributed by atoms with Crippen LogP contribution < -0.4 is 9.62 Å². The summed E-state index contributed by atoms with van der Waals surface area (Å²) in [4.78, 5) is 13.1. The summed E-state index contributed by atoms with van der Waals surface area (Å²) in [5.41, 5.74) is 0.683. The monoisotopic (exact) mass is 434 g/mol. The van der Waals surface area contributed by atoms with Crippen molar-refractivity contribution in [2.75, 3.05) is 11.4 Å². The Labute approximate surface area is 178 Å². The van der Waals surface area contributed by atoms with E-state index in [9.17, 15) is 13.2 Å². The van der Waals surface area contributed by atoms with Crippen LogP contribution >= 0.6 is 11.6 Å². The smallest absolute Gasteiger partial charge is 0.264 e. The topological polar surface area (TPSA) is 66.5 Å². The van der Waals surface area contributed by atoms with Gasteiger partial charge in [-0.2, -0.15) is 0 Å². The molecule has 1 N–H and O–H groups in total. The highest BCUT2D eigenvalue weighted by molar-refractivity contribution is 7.92. The first-order valence-electron chi connectivity index (χ1n) is 10.0. The number of benzene rings is 2. The third kappa shape index (κ3) is 5.31. The van der Waals surface area contributed by atoms with Gasteiger partial charge >= 0.3 is 0 Å². The van der Waals surface area contributed by atoms with Crippen LogP contribution in [0.25, 0.3) is 0 Å². The minimum Gasteiger partial charge on any atom is -0.349 e. The number of sulfonamides is 1. The third-order valence-electron chi connectivity index (χ3n) is 5.40. The van der Waals surface area contributed by atoms with Gasteiger partial charge in [0.15, 0.2) is 0 Å². The Morgan fingerprint density at radius 3 is 2.28 bits per heavy atom. The molecule has 7 heteroatoms. The molecular formula is C22H27ClN2O3S. The number of anilines is 1. The van der Waals surface area contributed by atoms with E-state index >= 15 is 0 Å². The van der Waals surface area contributed by atoms with Crippen LogP contribution in [-0.4, -0.2) is 27.4 Å². The molecule has 0 bridgehead atoms. The van der Waals surface area contributed by atoms with Gasteiger partial charge in [-0.3, -0.25) is 9.10 Å². The van der Waals surface area contributed by atoms with Crippen LogP contribution in [0.3, 0.4) is 0 Å². The van der Waals surface area contributed by atoms with E-state index in [-0.39, 0.29) is 16.8 Å². The number of nitrogens with zero attached hydrogens (tertiary/aromatic N) is 1. The van der Waals surface area contributed by atoms with Crippen LogP contribution in [-0.2, 0) is 10.0 Å². The van der Waals surface area contributed by atoms with E-state index in [0.29, 0.717) is 16.3 Å². The van der Waals surface area contributed by atoms with Crippen molar-refractivity contribution in [2.45, 2.75) is 55.9 Å². The van der Waals surface area contributed by atoms with Crippen LogP contribution in [0.5, 0.6) is 0 Å². The van der Waals surface area contributed by atoms with Crippen LogP contribution in [0.1, 0.15) is 55.3 Å². The second-order valence-electron chi connectivity index (χ2n) is 7.47. The Kier molecular flexibility index (Phi) is 7.19. The molecule has 0 heterocycles. The Hall–Kier alpha value is -2.05. The van der Waals surface area contributed by atoms with Gasteiger partial charge in [0.05, 0.1) is 21.2 Å². The second-order valence-corrected chi connectivity index (χ2v) is 9.84. The first-order chi connectivity index (χ1) is 13.9. The normalized spacial score (nSPS) is 15.9. The van der Waals surface area contributed by atoms with Crippen LogP contribution in [0.2, 0.25) is 5.02 Å². The lowest BCUT2D eigenvalue weighted by Gasteiger charge is -2.23. The van der Waals surface area contributed by atoms with Crippen LogP contribution in [0, 0.1) is 0 Å². The van der Waals surface area contributed by atoms with Crippen molar-refractivity contribution in [1.29, 1.82) is 0 Å². The first-order valence-corrected chi connectivity index (χ1v) is 11.9. The lowest BCUT2D eigenvalue weighted by molar-refractivity contribution is 0.0930. The highest BCUT2D eigenvalue weighted by atomic mass is 35.5. The molecule has 2 aromatic rings. The Morgan fingerprint density at radius 2 is 1.62 bits per heavy atom. The molecule has 0 spiro atoms. The van der Waals surface area contributed by atoms with E-state index in [2.05, 4.69) is 5.32 Å². The molecule has 0 saturated heterocycles. The fourth-order valence-electron chi connectivity index (χ4n) is 3.64. The van der Waals surface area contributed by atoms with Crippen molar-refractivity contribution >= 4 is 33.2 Å². The van der Waals surface area contributed by atoms with Gasteiger partial charge in [-0.1, -0.05) is 61.9 Å². The van der Waals surface area contributed by atoms with Crippen molar-refractivity contribution in [1.82, 2.24) is 5.32 Å². The van der Waals surface area contributed by atoms with Gasteiger partial charge in [-0.15, -0.1) is 0 Å².